The van der Waals surface area contributed by atoms with Gasteiger partial charge in [-0.2, -0.15) is 0 Å². The highest BCUT2D eigenvalue weighted by Crippen LogP contribution is 1.96. The second-order valence-electron chi connectivity index (χ2n) is 3.10. The maximum absolute atomic E-state index is 2.25. The molecule has 1 heterocycles. The molecule has 1 nitrogen and oxygen atoms in total. The molecule has 0 spiro atoms. The predicted octanol–water partition coefficient (Wildman–Crippen LogP) is 1.49. The van der Waals surface area contributed by atoms with E-state index in [1.165, 1.54) is 37.1 Å². The Morgan fingerprint density at radius 2 is 1.73 bits per heavy atom. The van der Waals surface area contributed by atoms with Gasteiger partial charge in [0.15, 0.2) is 0 Å². The molecule has 0 amide bonds. The van der Waals surface area contributed by atoms with Gasteiger partial charge in [-0.15, -0.1) is 0 Å². The maximum Gasteiger partial charge on any atom is 0.0990 e. The molecule has 0 saturated carbocycles. The Morgan fingerprint density at radius 3 is 2.36 bits per heavy atom. The molecule has 0 atom stereocenters. The number of hydrogen-bond acceptors (Lipinski definition) is 0. The van der Waals surface area contributed by atoms with Crippen LogP contribution < -0.4 is 4.90 Å². The van der Waals surface area contributed by atoms with Gasteiger partial charge in [0.25, 0.3) is 0 Å². The molecule has 11 heavy (non-hydrogen) atoms. The SMILES string of the molecule is CCCCCC[NH+]1C=CC=C1. The summed E-state index contributed by atoms with van der Waals surface area (Å²) in [7, 11) is 0. The molecule has 0 aromatic heterocycles. The molecule has 0 radical (unpaired) electrons. The van der Waals surface area contributed by atoms with Crippen LogP contribution in [-0.4, -0.2) is 6.54 Å². The fourth-order valence-electron chi connectivity index (χ4n) is 1.34. The molecule has 0 aliphatic carbocycles. The Kier molecular flexibility index (Phi) is 3.99. The van der Waals surface area contributed by atoms with E-state index in [0.717, 1.165) is 0 Å². The number of unbranched alkanes of at least 4 members (excludes halogenated alkanes) is 3. The van der Waals surface area contributed by atoms with Crippen molar-refractivity contribution < 1.29 is 4.90 Å². The molecule has 1 N–H and O–H groups in total. The summed E-state index contributed by atoms with van der Waals surface area (Å²) in [6.45, 7) is 3.52. The molecule has 1 aliphatic rings. The smallest absolute Gasteiger partial charge is 0.0990 e. The standard InChI is InChI=1S/C10H17N/c1-2-3-4-5-8-11-9-6-7-10-11/h6-7,9-10H,2-5,8H2,1H3/p+1. The molecule has 1 heteroatoms. The largest absolute Gasteiger partial charge is 0.282 e. The van der Waals surface area contributed by atoms with Gasteiger partial charge in [0, 0.05) is 0 Å². The van der Waals surface area contributed by atoms with E-state index >= 15 is 0 Å². The van der Waals surface area contributed by atoms with Gasteiger partial charge in [-0.3, -0.25) is 4.90 Å². The molecule has 0 aromatic rings. The first-order valence-corrected chi connectivity index (χ1v) is 4.64. The molecule has 0 aromatic carbocycles. The van der Waals surface area contributed by atoms with E-state index in [-0.39, 0.29) is 0 Å². The first kappa shape index (κ1) is 8.54. The normalized spacial score (nSPS) is 16.5. The molecular weight excluding hydrogens is 134 g/mol. The lowest BCUT2D eigenvalue weighted by Gasteiger charge is -2.05. The van der Waals surface area contributed by atoms with Crippen molar-refractivity contribution in [3.8, 4) is 0 Å². The van der Waals surface area contributed by atoms with Crippen LogP contribution in [0.4, 0.5) is 0 Å². The Balaban J connectivity index is 1.95. The third-order valence-electron chi connectivity index (χ3n) is 2.05. The van der Waals surface area contributed by atoms with Crippen LogP contribution in [0, 0.1) is 0 Å². The lowest BCUT2D eigenvalue weighted by molar-refractivity contribution is -0.787. The Morgan fingerprint density at radius 1 is 1.00 bits per heavy atom. The lowest BCUT2D eigenvalue weighted by atomic mass is 10.2. The van der Waals surface area contributed by atoms with E-state index in [1.807, 2.05) is 0 Å². The highest BCUT2D eigenvalue weighted by molar-refractivity contribution is 5.00. The van der Waals surface area contributed by atoms with Crippen LogP contribution in [0.15, 0.2) is 24.6 Å². The Bertz CT molecular complexity index is 135. The zero-order valence-electron chi connectivity index (χ0n) is 7.34. The molecule has 1 rings (SSSR count). The van der Waals surface area contributed by atoms with Gasteiger partial charge in [-0.05, 0) is 25.0 Å². The summed E-state index contributed by atoms with van der Waals surface area (Å²) in [6, 6.07) is 0. The Hall–Kier alpha value is -0.560. The third-order valence-corrected chi connectivity index (χ3v) is 2.05. The number of rotatable bonds is 5. The van der Waals surface area contributed by atoms with Crippen molar-refractivity contribution in [2.75, 3.05) is 6.54 Å². The fraction of sp³-hybridized carbons (Fsp3) is 0.600. The van der Waals surface area contributed by atoms with E-state index in [9.17, 15) is 0 Å². The van der Waals surface area contributed by atoms with E-state index in [4.69, 9.17) is 0 Å². The number of nitrogens with one attached hydrogen (secondary N) is 1. The molecule has 0 saturated heterocycles. The van der Waals surface area contributed by atoms with Crippen molar-refractivity contribution in [3.05, 3.63) is 24.6 Å². The summed E-state index contributed by atoms with van der Waals surface area (Å²) >= 11 is 0. The van der Waals surface area contributed by atoms with Crippen molar-refractivity contribution in [2.24, 2.45) is 0 Å². The van der Waals surface area contributed by atoms with E-state index < -0.39 is 0 Å². The summed E-state index contributed by atoms with van der Waals surface area (Å²) in [4.78, 5) is 1.50. The van der Waals surface area contributed by atoms with E-state index in [1.54, 1.807) is 0 Å². The minimum Gasteiger partial charge on any atom is -0.282 e. The number of allylic oxidation sites excluding steroid dienone is 2. The van der Waals surface area contributed by atoms with Crippen LogP contribution in [0.25, 0.3) is 0 Å². The summed E-state index contributed by atoms with van der Waals surface area (Å²) in [5.74, 6) is 0. The quantitative estimate of drug-likeness (QED) is 0.569. The van der Waals surface area contributed by atoms with Crippen molar-refractivity contribution >= 4 is 0 Å². The monoisotopic (exact) mass is 152 g/mol. The van der Waals surface area contributed by atoms with Crippen LogP contribution in [0.2, 0.25) is 0 Å². The van der Waals surface area contributed by atoms with E-state index in [2.05, 4.69) is 31.5 Å². The lowest BCUT2D eigenvalue weighted by Crippen LogP contribution is -3.01. The molecular formula is C10H18N+. The highest BCUT2D eigenvalue weighted by atomic mass is 15.1. The van der Waals surface area contributed by atoms with Crippen LogP contribution in [0.5, 0.6) is 0 Å². The third kappa shape index (κ3) is 3.38. The first-order chi connectivity index (χ1) is 5.43. The minimum atomic E-state index is 1.27. The van der Waals surface area contributed by atoms with Crippen molar-refractivity contribution in [2.45, 2.75) is 32.6 Å². The second kappa shape index (κ2) is 5.14. The maximum atomic E-state index is 2.25. The van der Waals surface area contributed by atoms with Crippen LogP contribution in [-0.2, 0) is 0 Å². The van der Waals surface area contributed by atoms with Gasteiger partial charge >= 0.3 is 0 Å². The molecule has 0 fully saturated rings. The average Bonchev–Trinajstić information content (AvgIpc) is 2.50. The van der Waals surface area contributed by atoms with Gasteiger partial charge in [0.1, 0.15) is 0 Å². The number of quaternary nitrogens is 1. The van der Waals surface area contributed by atoms with Crippen LogP contribution in [0.3, 0.4) is 0 Å². The molecule has 0 bridgehead atoms. The molecule has 0 unspecified atom stereocenters. The summed E-state index contributed by atoms with van der Waals surface area (Å²) in [6.07, 6.45) is 14.1. The molecule has 1 aliphatic heterocycles. The van der Waals surface area contributed by atoms with Crippen molar-refractivity contribution in [1.82, 2.24) is 0 Å². The summed E-state index contributed by atoms with van der Waals surface area (Å²) < 4.78 is 0. The number of hydrogen-bond donors (Lipinski definition) is 1. The summed E-state index contributed by atoms with van der Waals surface area (Å²) in [5, 5.41) is 0. The van der Waals surface area contributed by atoms with Gasteiger partial charge in [-0.1, -0.05) is 19.8 Å². The summed E-state index contributed by atoms with van der Waals surface area (Å²) in [5.41, 5.74) is 0. The average molecular weight is 152 g/mol. The highest BCUT2D eigenvalue weighted by Gasteiger charge is 2.01. The fourth-order valence-corrected chi connectivity index (χ4v) is 1.34. The topological polar surface area (TPSA) is 4.44 Å². The van der Waals surface area contributed by atoms with Crippen LogP contribution in [0.1, 0.15) is 32.6 Å². The van der Waals surface area contributed by atoms with Crippen molar-refractivity contribution in [1.29, 1.82) is 0 Å². The van der Waals surface area contributed by atoms with E-state index in [0.29, 0.717) is 0 Å². The zero-order chi connectivity index (χ0) is 7.94. The van der Waals surface area contributed by atoms with Crippen LogP contribution >= 0.6 is 0 Å². The predicted molar refractivity (Wildman–Crippen MR) is 48.3 cm³/mol. The first-order valence-electron chi connectivity index (χ1n) is 4.64. The minimum absolute atomic E-state index is 1.27. The molecule has 62 valence electrons. The van der Waals surface area contributed by atoms with Gasteiger partial charge in [0.05, 0.1) is 18.9 Å². The Labute approximate surface area is 69.4 Å². The second-order valence-corrected chi connectivity index (χ2v) is 3.10. The van der Waals surface area contributed by atoms with Gasteiger partial charge < -0.3 is 0 Å². The zero-order valence-corrected chi connectivity index (χ0v) is 7.34. The van der Waals surface area contributed by atoms with Gasteiger partial charge in [0.2, 0.25) is 0 Å². The van der Waals surface area contributed by atoms with Crippen molar-refractivity contribution in [3.63, 3.8) is 0 Å². The van der Waals surface area contributed by atoms with Gasteiger partial charge in [-0.25, -0.2) is 0 Å².